The van der Waals surface area contributed by atoms with Crippen LogP contribution < -0.4 is 10.1 Å². The molecule has 1 aliphatic carbocycles. The van der Waals surface area contributed by atoms with E-state index in [2.05, 4.69) is 11.4 Å². The summed E-state index contributed by atoms with van der Waals surface area (Å²) in [6.45, 7) is 0. The molecule has 2 N–H and O–H groups in total. The maximum atomic E-state index is 12.2. The molecule has 21 heavy (non-hydrogen) atoms. The summed E-state index contributed by atoms with van der Waals surface area (Å²) in [4.78, 5) is 12.2. The van der Waals surface area contributed by atoms with Crippen LogP contribution in [-0.2, 0) is 12.8 Å². The number of hydrogen-bond donors (Lipinski definition) is 2. The molecule has 2 aromatic carbocycles. The smallest absolute Gasteiger partial charge is 0.259 e. The molecule has 1 amide bonds. The van der Waals surface area contributed by atoms with Gasteiger partial charge in [-0.2, -0.15) is 0 Å². The minimum atomic E-state index is -0.326. The first-order chi connectivity index (χ1) is 10.2. The number of fused-ring (bicyclic) bond motifs is 1. The second kappa shape index (κ2) is 5.48. The Kier molecular flexibility index (Phi) is 3.52. The van der Waals surface area contributed by atoms with Crippen LogP contribution >= 0.6 is 0 Å². The number of nitrogens with one attached hydrogen (secondary N) is 1. The first-order valence-electron chi connectivity index (χ1n) is 6.97. The van der Waals surface area contributed by atoms with Crippen molar-refractivity contribution in [3.8, 4) is 11.5 Å². The number of carbonyl (C=O) groups is 1. The summed E-state index contributed by atoms with van der Waals surface area (Å²) in [5, 5.41) is 12.7. The monoisotopic (exact) mass is 283 g/mol. The molecule has 4 nitrogen and oxygen atoms in total. The van der Waals surface area contributed by atoms with Crippen molar-refractivity contribution in [2.45, 2.75) is 19.3 Å². The number of anilines is 1. The highest BCUT2D eigenvalue weighted by molar-refractivity contribution is 6.06. The largest absolute Gasteiger partial charge is 0.507 e. The van der Waals surface area contributed by atoms with Crippen LogP contribution in [0.25, 0.3) is 0 Å². The molecule has 108 valence electrons. The van der Waals surface area contributed by atoms with Gasteiger partial charge >= 0.3 is 0 Å². The lowest BCUT2D eigenvalue weighted by Gasteiger charge is -2.09. The van der Waals surface area contributed by atoms with Crippen LogP contribution in [0.15, 0.2) is 36.4 Å². The van der Waals surface area contributed by atoms with Crippen molar-refractivity contribution in [2.24, 2.45) is 0 Å². The zero-order valence-electron chi connectivity index (χ0n) is 11.8. The molecule has 0 saturated heterocycles. The van der Waals surface area contributed by atoms with Crippen LogP contribution in [0.3, 0.4) is 0 Å². The van der Waals surface area contributed by atoms with E-state index in [-0.39, 0.29) is 17.2 Å². The highest BCUT2D eigenvalue weighted by Gasteiger charge is 2.15. The Balaban J connectivity index is 1.80. The molecule has 4 heteroatoms. The summed E-state index contributed by atoms with van der Waals surface area (Å²) >= 11 is 0. The van der Waals surface area contributed by atoms with Gasteiger partial charge in [0.1, 0.15) is 11.5 Å². The lowest BCUT2D eigenvalue weighted by molar-refractivity contribution is 0.102. The van der Waals surface area contributed by atoms with E-state index in [1.54, 1.807) is 12.1 Å². The number of amides is 1. The maximum Gasteiger partial charge on any atom is 0.259 e. The molecular weight excluding hydrogens is 266 g/mol. The highest BCUT2D eigenvalue weighted by atomic mass is 16.5. The zero-order valence-corrected chi connectivity index (χ0v) is 11.8. The fraction of sp³-hybridized carbons (Fsp3) is 0.235. The number of aryl methyl sites for hydroxylation is 2. The van der Waals surface area contributed by atoms with Gasteiger partial charge in [0.25, 0.3) is 5.91 Å². The molecule has 3 rings (SSSR count). The summed E-state index contributed by atoms with van der Waals surface area (Å²) in [5.74, 6) is 0.0997. The van der Waals surface area contributed by atoms with Crippen molar-refractivity contribution in [2.75, 3.05) is 12.4 Å². The summed E-state index contributed by atoms with van der Waals surface area (Å²) < 4.78 is 5.01. The molecule has 2 aromatic rings. The summed E-state index contributed by atoms with van der Waals surface area (Å²) in [7, 11) is 1.51. The van der Waals surface area contributed by atoms with Crippen molar-refractivity contribution < 1.29 is 14.6 Å². The molecule has 0 bridgehead atoms. The second-order valence-corrected chi connectivity index (χ2v) is 5.17. The normalized spacial score (nSPS) is 12.8. The lowest BCUT2D eigenvalue weighted by Crippen LogP contribution is -2.12. The Hall–Kier alpha value is -2.49. The zero-order chi connectivity index (χ0) is 14.8. The molecular formula is C17H17NO3. The van der Waals surface area contributed by atoms with Gasteiger partial charge in [0.2, 0.25) is 0 Å². The van der Waals surface area contributed by atoms with Crippen LogP contribution in [0, 0.1) is 0 Å². The standard InChI is InChI=1S/C17H17NO3/c1-21-14-7-8-15(16(19)10-14)17(20)18-13-6-5-11-3-2-4-12(11)9-13/h5-10,19H,2-4H2,1H3,(H,18,20). The van der Waals surface area contributed by atoms with E-state index in [0.717, 1.165) is 18.5 Å². The number of methoxy groups -OCH3 is 1. The summed E-state index contributed by atoms with van der Waals surface area (Å²) in [6, 6.07) is 10.6. The number of phenolic OH excluding ortho intramolecular Hbond substituents is 1. The molecule has 0 spiro atoms. The van der Waals surface area contributed by atoms with Gasteiger partial charge in [-0.05, 0) is 54.7 Å². The average molecular weight is 283 g/mol. The molecule has 1 aliphatic rings. The van der Waals surface area contributed by atoms with Gasteiger partial charge in [-0.15, -0.1) is 0 Å². The Bertz CT molecular complexity index is 694. The first kappa shape index (κ1) is 13.5. The number of aromatic hydroxyl groups is 1. The van der Waals surface area contributed by atoms with Gasteiger partial charge in [0.05, 0.1) is 12.7 Å². The van der Waals surface area contributed by atoms with Gasteiger partial charge in [0, 0.05) is 11.8 Å². The van der Waals surface area contributed by atoms with Crippen LogP contribution in [0.5, 0.6) is 11.5 Å². The van der Waals surface area contributed by atoms with Gasteiger partial charge in [-0.1, -0.05) is 6.07 Å². The molecule has 0 saturated carbocycles. The van der Waals surface area contributed by atoms with E-state index in [9.17, 15) is 9.90 Å². The van der Waals surface area contributed by atoms with Crippen LogP contribution in [0.4, 0.5) is 5.69 Å². The second-order valence-electron chi connectivity index (χ2n) is 5.17. The van der Waals surface area contributed by atoms with Crippen molar-refractivity contribution >= 4 is 11.6 Å². The minimum absolute atomic E-state index is 0.0898. The maximum absolute atomic E-state index is 12.2. The number of carbonyl (C=O) groups excluding carboxylic acids is 1. The van der Waals surface area contributed by atoms with Gasteiger partial charge in [0.15, 0.2) is 0 Å². The molecule has 0 aliphatic heterocycles. The van der Waals surface area contributed by atoms with Crippen LogP contribution in [-0.4, -0.2) is 18.1 Å². The highest BCUT2D eigenvalue weighted by Crippen LogP contribution is 2.27. The third kappa shape index (κ3) is 2.70. The van der Waals surface area contributed by atoms with E-state index in [0.29, 0.717) is 5.75 Å². The van der Waals surface area contributed by atoms with E-state index in [1.165, 1.54) is 30.7 Å². The van der Waals surface area contributed by atoms with Crippen LogP contribution in [0.2, 0.25) is 0 Å². The molecule has 0 fully saturated rings. The number of benzene rings is 2. The predicted molar refractivity (Wildman–Crippen MR) is 81.1 cm³/mol. The van der Waals surface area contributed by atoms with Crippen molar-refractivity contribution in [3.63, 3.8) is 0 Å². The number of rotatable bonds is 3. The fourth-order valence-electron chi connectivity index (χ4n) is 2.68. The Morgan fingerprint density at radius 1 is 1.14 bits per heavy atom. The van der Waals surface area contributed by atoms with E-state index in [1.807, 2.05) is 12.1 Å². The van der Waals surface area contributed by atoms with Gasteiger partial charge < -0.3 is 15.2 Å². The Morgan fingerprint density at radius 2 is 1.95 bits per heavy atom. The molecule has 0 radical (unpaired) electrons. The third-order valence-corrected chi connectivity index (χ3v) is 3.81. The summed E-state index contributed by atoms with van der Waals surface area (Å²) in [6.07, 6.45) is 3.35. The van der Waals surface area contributed by atoms with Crippen molar-refractivity contribution in [1.29, 1.82) is 0 Å². The number of hydrogen-bond acceptors (Lipinski definition) is 3. The SMILES string of the molecule is COc1ccc(C(=O)Nc2ccc3c(c2)CCC3)c(O)c1. The molecule has 0 atom stereocenters. The first-order valence-corrected chi connectivity index (χ1v) is 6.97. The number of ether oxygens (including phenoxy) is 1. The molecule has 0 aromatic heterocycles. The van der Waals surface area contributed by atoms with Gasteiger partial charge in [-0.25, -0.2) is 0 Å². The molecule has 0 unspecified atom stereocenters. The topological polar surface area (TPSA) is 58.6 Å². The third-order valence-electron chi connectivity index (χ3n) is 3.81. The van der Waals surface area contributed by atoms with Crippen molar-refractivity contribution in [1.82, 2.24) is 0 Å². The molecule has 0 heterocycles. The lowest BCUT2D eigenvalue weighted by atomic mass is 10.1. The fourth-order valence-corrected chi connectivity index (χ4v) is 2.68. The van der Waals surface area contributed by atoms with Crippen LogP contribution in [0.1, 0.15) is 27.9 Å². The van der Waals surface area contributed by atoms with Gasteiger partial charge in [-0.3, -0.25) is 4.79 Å². The predicted octanol–water partition coefficient (Wildman–Crippen LogP) is 3.14. The number of phenols is 1. The Morgan fingerprint density at radius 3 is 2.71 bits per heavy atom. The van der Waals surface area contributed by atoms with Crippen molar-refractivity contribution in [3.05, 3.63) is 53.1 Å². The van der Waals surface area contributed by atoms with E-state index >= 15 is 0 Å². The average Bonchev–Trinajstić information content (AvgIpc) is 2.94. The Labute approximate surface area is 123 Å². The quantitative estimate of drug-likeness (QED) is 0.909. The van der Waals surface area contributed by atoms with E-state index in [4.69, 9.17) is 4.74 Å². The summed E-state index contributed by atoms with van der Waals surface area (Å²) in [5.41, 5.74) is 3.65. The van der Waals surface area contributed by atoms with E-state index < -0.39 is 0 Å². The minimum Gasteiger partial charge on any atom is -0.507 e.